The predicted octanol–water partition coefficient (Wildman–Crippen LogP) is 4.11. The van der Waals surface area contributed by atoms with Crippen LogP contribution >= 0.6 is 0 Å². The maximum atomic E-state index is 5.74. The molecule has 5 nitrogen and oxygen atoms in total. The highest BCUT2D eigenvalue weighted by atomic mass is 16.5. The van der Waals surface area contributed by atoms with Crippen LogP contribution in [-0.2, 0) is 0 Å². The minimum Gasteiger partial charge on any atom is -0.489 e. The molecule has 0 unspecified atom stereocenters. The summed E-state index contributed by atoms with van der Waals surface area (Å²) < 4.78 is 7.82. The largest absolute Gasteiger partial charge is 0.489 e. The van der Waals surface area contributed by atoms with E-state index in [1.54, 1.807) is 6.08 Å². The van der Waals surface area contributed by atoms with Gasteiger partial charge in [-0.2, -0.15) is 5.10 Å². The van der Waals surface area contributed by atoms with E-state index in [1.807, 2.05) is 30.5 Å². The molecular formula is C18H20N4O. The molecule has 4 rings (SSSR count). The van der Waals surface area contributed by atoms with Crippen LogP contribution in [-0.4, -0.2) is 26.4 Å². The topological polar surface area (TPSA) is 55.7 Å². The van der Waals surface area contributed by atoms with Crippen LogP contribution in [0, 0.1) is 0 Å². The molecule has 0 atom stereocenters. The second-order valence-electron chi connectivity index (χ2n) is 5.95. The maximum absolute atomic E-state index is 5.74. The molecule has 0 spiro atoms. The van der Waals surface area contributed by atoms with Crippen LogP contribution in [0.25, 0.3) is 22.6 Å². The number of imidazole rings is 1. The van der Waals surface area contributed by atoms with Gasteiger partial charge in [0.15, 0.2) is 5.65 Å². The summed E-state index contributed by atoms with van der Waals surface area (Å²) in [7, 11) is 0. The molecule has 3 aromatic rings. The van der Waals surface area contributed by atoms with Gasteiger partial charge in [0.2, 0.25) is 0 Å². The van der Waals surface area contributed by atoms with Gasteiger partial charge in [-0.3, -0.25) is 0 Å². The Morgan fingerprint density at radius 2 is 2.13 bits per heavy atom. The molecule has 0 radical (unpaired) electrons. The highest BCUT2D eigenvalue weighted by Crippen LogP contribution is 2.33. The number of benzene rings is 1. The Hall–Kier alpha value is -2.56. The molecule has 1 aliphatic carbocycles. The summed E-state index contributed by atoms with van der Waals surface area (Å²) in [6, 6.07) is 8.41. The number of ether oxygens (including phenoxy) is 1. The van der Waals surface area contributed by atoms with Crippen LogP contribution in [0.5, 0.6) is 5.75 Å². The molecule has 1 aromatic carbocycles. The van der Waals surface area contributed by atoms with Crippen molar-refractivity contribution in [2.24, 2.45) is 0 Å². The highest BCUT2D eigenvalue weighted by Gasteiger charge is 2.22. The van der Waals surface area contributed by atoms with E-state index >= 15 is 0 Å². The number of nitrogens with one attached hydrogen (secondary N) is 1. The summed E-state index contributed by atoms with van der Waals surface area (Å²) in [4.78, 5) is 8.17. The fourth-order valence-corrected chi connectivity index (χ4v) is 3.30. The zero-order chi connectivity index (χ0) is 15.6. The molecule has 0 aliphatic heterocycles. The van der Waals surface area contributed by atoms with Gasteiger partial charge in [0.25, 0.3) is 0 Å². The second kappa shape index (κ2) is 5.91. The second-order valence-corrected chi connectivity index (χ2v) is 5.95. The molecule has 0 saturated heterocycles. The SMILES string of the molecule is C=CCOc1ccccc1-c1nc2c(cnn2C2CCCC2)[nH]1. The number of hydrogen-bond acceptors (Lipinski definition) is 3. The first-order chi connectivity index (χ1) is 11.4. The van der Waals surface area contributed by atoms with E-state index in [0.29, 0.717) is 12.6 Å². The minimum absolute atomic E-state index is 0.479. The van der Waals surface area contributed by atoms with E-state index in [0.717, 1.165) is 28.3 Å². The van der Waals surface area contributed by atoms with E-state index in [2.05, 4.69) is 21.3 Å². The minimum atomic E-state index is 0.479. The maximum Gasteiger partial charge on any atom is 0.177 e. The lowest BCUT2D eigenvalue weighted by Crippen LogP contribution is -2.06. The van der Waals surface area contributed by atoms with Gasteiger partial charge in [-0.1, -0.05) is 37.6 Å². The number of para-hydroxylation sites is 1. The first-order valence-electron chi connectivity index (χ1n) is 8.13. The molecule has 0 bridgehead atoms. The molecule has 23 heavy (non-hydrogen) atoms. The average molecular weight is 308 g/mol. The number of fused-ring (bicyclic) bond motifs is 1. The lowest BCUT2D eigenvalue weighted by atomic mass is 10.2. The Morgan fingerprint density at radius 1 is 1.30 bits per heavy atom. The molecule has 2 heterocycles. The van der Waals surface area contributed by atoms with Crippen LogP contribution in [0.2, 0.25) is 0 Å². The number of H-pyrrole nitrogens is 1. The molecular weight excluding hydrogens is 288 g/mol. The van der Waals surface area contributed by atoms with E-state index in [4.69, 9.17) is 9.72 Å². The number of rotatable bonds is 5. The molecule has 0 amide bonds. The van der Waals surface area contributed by atoms with Crippen molar-refractivity contribution in [2.75, 3.05) is 6.61 Å². The first kappa shape index (κ1) is 14.1. The Labute approximate surface area is 135 Å². The average Bonchev–Trinajstić information content (AvgIpc) is 3.29. The molecule has 1 fully saturated rings. The van der Waals surface area contributed by atoms with E-state index in [9.17, 15) is 0 Å². The smallest absolute Gasteiger partial charge is 0.177 e. The normalized spacial score (nSPS) is 15.3. The summed E-state index contributed by atoms with van der Waals surface area (Å²) in [6.07, 6.45) is 8.56. The molecule has 118 valence electrons. The third-order valence-electron chi connectivity index (χ3n) is 4.41. The Balaban J connectivity index is 1.74. The van der Waals surface area contributed by atoms with Gasteiger partial charge >= 0.3 is 0 Å². The number of aromatic nitrogens is 4. The van der Waals surface area contributed by atoms with Crippen molar-refractivity contribution in [2.45, 2.75) is 31.7 Å². The Morgan fingerprint density at radius 3 is 2.96 bits per heavy atom. The van der Waals surface area contributed by atoms with Crippen LogP contribution in [0.3, 0.4) is 0 Å². The molecule has 2 aromatic heterocycles. The van der Waals surface area contributed by atoms with Crippen molar-refractivity contribution in [3.8, 4) is 17.1 Å². The van der Waals surface area contributed by atoms with E-state index in [1.165, 1.54) is 25.7 Å². The molecule has 5 heteroatoms. The molecule has 1 saturated carbocycles. The van der Waals surface area contributed by atoms with Crippen LogP contribution in [0.4, 0.5) is 0 Å². The van der Waals surface area contributed by atoms with Gasteiger partial charge in [0.05, 0.1) is 17.8 Å². The zero-order valence-electron chi connectivity index (χ0n) is 13.0. The standard InChI is InChI=1S/C18H20N4O/c1-2-11-23-16-10-6-5-9-14(16)17-20-15-12-19-22(18(15)21-17)13-7-3-4-8-13/h2,5-6,9-10,12-13H,1,3-4,7-8,11H2,(H,20,21). The van der Waals surface area contributed by atoms with Crippen molar-refractivity contribution >= 4 is 11.2 Å². The van der Waals surface area contributed by atoms with Gasteiger partial charge in [-0.05, 0) is 25.0 Å². The van der Waals surface area contributed by atoms with Crippen molar-refractivity contribution in [3.05, 3.63) is 43.1 Å². The number of nitrogens with zero attached hydrogens (tertiary/aromatic N) is 3. The lowest BCUT2D eigenvalue weighted by Gasteiger charge is -2.09. The lowest BCUT2D eigenvalue weighted by molar-refractivity contribution is 0.364. The van der Waals surface area contributed by atoms with Crippen LogP contribution < -0.4 is 4.74 Å². The fraction of sp³-hybridized carbons (Fsp3) is 0.333. The third kappa shape index (κ3) is 2.52. The highest BCUT2D eigenvalue weighted by molar-refractivity contribution is 5.77. The third-order valence-corrected chi connectivity index (χ3v) is 4.41. The first-order valence-corrected chi connectivity index (χ1v) is 8.13. The molecule has 1 N–H and O–H groups in total. The van der Waals surface area contributed by atoms with Crippen molar-refractivity contribution in [3.63, 3.8) is 0 Å². The van der Waals surface area contributed by atoms with E-state index < -0.39 is 0 Å². The van der Waals surface area contributed by atoms with Crippen LogP contribution in [0.15, 0.2) is 43.1 Å². The van der Waals surface area contributed by atoms with Gasteiger partial charge < -0.3 is 9.72 Å². The van der Waals surface area contributed by atoms with E-state index in [-0.39, 0.29) is 0 Å². The van der Waals surface area contributed by atoms with Gasteiger partial charge in [-0.15, -0.1) is 0 Å². The monoisotopic (exact) mass is 308 g/mol. The van der Waals surface area contributed by atoms with Crippen molar-refractivity contribution in [1.82, 2.24) is 19.7 Å². The summed E-state index contributed by atoms with van der Waals surface area (Å²) in [5, 5.41) is 4.52. The summed E-state index contributed by atoms with van der Waals surface area (Å²) in [5.41, 5.74) is 2.87. The van der Waals surface area contributed by atoms with Gasteiger partial charge in [0, 0.05) is 0 Å². The number of aromatic amines is 1. The Bertz CT molecular complexity index is 827. The van der Waals surface area contributed by atoms with Gasteiger partial charge in [0.1, 0.15) is 23.7 Å². The summed E-state index contributed by atoms with van der Waals surface area (Å²) in [5.74, 6) is 1.63. The Kier molecular flexibility index (Phi) is 3.61. The summed E-state index contributed by atoms with van der Waals surface area (Å²) >= 11 is 0. The molecule has 1 aliphatic rings. The van der Waals surface area contributed by atoms with Crippen molar-refractivity contribution < 1.29 is 4.74 Å². The van der Waals surface area contributed by atoms with Crippen molar-refractivity contribution in [1.29, 1.82) is 0 Å². The quantitative estimate of drug-likeness (QED) is 0.722. The zero-order valence-corrected chi connectivity index (χ0v) is 13.0. The predicted molar refractivity (Wildman–Crippen MR) is 90.5 cm³/mol. The fourth-order valence-electron chi connectivity index (χ4n) is 3.30. The van der Waals surface area contributed by atoms with Gasteiger partial charge in [-0.25, -0.2) is 9.67 Å². The van der Waals surface area contributed by atoms with Crippen LogP contribution in [0.1, 0.15) is 31.7 Å². The summed E-state index contributed by atoms with van der Waals surface area (Å²) in [6.45, 7) is 4.18. The number of hydrogen-bond donors (Lipinski definition) is 1.